The number of carbonyl (C=O) groups is 1. The molecule has 1 amide bonds. The van der Waals surface area contributed by atoms with Gasteiger partial charge in [0.1, 0.15) is 5.75 Å². The number of nitrogens with one attached hydrogen (secondary N) is 1. The summed E-state index contributed by atoms with van der Waals surface area (Å²) in [5.41, 5.74) is 0. The lowest BCUT2D eigenvalue weighted by atomic mass is 9.93. The molecule has 4 heteroatoms. The number of rotatable bonds is 4. The molecule has 0 spiro atoms. The average Bonchev–Trinajstić information content (AvgIpc) is 2.21. The molecule has 2 rings (SSSR count). The fourth-order valence-corrected chi connectivity index (χ4v) is 1.91. The molecular weight excluding hydrogens is 270 g/mol. The van der Waals surface area contributed by atoms with Crippen LogP contribution in [0.2, 0.25) is 0 Å². The van der Waals surface area contributed by atoms with Gasteiger partial charge in [0.2, 0.25) is 0 Å². The van der Waals surface area contributed by atoms with Gasteiger partial charge < -0.3 is 10.1 Å². The number of ether oxygens (including phenoxy) is 1. The van der Waals surface area contributed by atoms with Crippen molar-refractivity contribution in [2.24, 2.45) is 0 Å². The zero-order chi connectivity index (χ0) is 11.4. The van der Waals surface area contributed by atoms with Gasteiger partial charge in [-0.1, -0.05) is 22.0 Å². The molecule has 1 N–H and O–H groups in total. The highest BCUT2D eigenvalue weighted by Gasteiger charge is 2.19. The molecule has 0 saturated heterocycles. The van der Waals surface area contributed by atoms with Crippen molar-refractivity contribution in [1.29, 1.82) is 0 Å². The van der Waals surface area contributed by atoms with Crippen LogP contribution in [0.1, 0.15) is 19.3 Å². The van der Waals surface area contributed by atoms with Gasteiger partial charge in [-0.2, -0.15) is 0 Å². The zero-order valence-electron chi connectivity index (χ0n) is 8.91. The summed E-state index contributed by atoms with van der Waals surface area (Å²) < 4.78 is 6.32. The average molecular weight is 284 g/mol. The van der Waals surface area contributed by atoms with Crippen LogP contribution in [0.25, 0.3) is 0 Å². The van der Waals surface area contributed by atoms with Crippen LogP contribution in [-0.4, -0.2) is 18.6 Å². The zero-order valence-corrected chi connectivity index (χ0v) is 10.5. The van der Waals surface area contributed by atoms with Crippen LogP contribution in [0, 0.1) is 0 Å². The van der Waals surface area contributed by atoms with E-state index in [1.807, 2.05) is 24.3 Å². The van der Waals surface area contributed by atoms with E-state index in [-0.39, 0.29) is 12.5 Å². The Balaban J connectivity index is 1.75. The van der Waals surface area contributed by atoms with E-state index in [1.165, 1.54) is 6.42 Å². The number of hydrogen-bond donors (Lipinski definition) is 1. The number of hydrogen-bond acceptors (Lipinski definition) is 2. The molecule has 1 aliphatic rings. The van der Waals surface area contributed by atoms with Gasteiger partial charge in [0.15, 0.2) is 6.61 Å². The molecule has 0 aromatic heterocycles. The predicted molar refractivity (Wildman–Crippen MR) is 65.4 cm³/mol. The number of amides is 1. The van der Waals surface area contributed by atoms with Crippen molar-refractivity contribution in [2.45, 2.75) is 25.3 Å². The molecule has 0 radical (unpaired) electrons. The lowest BCUT2D eigenvalue weighted by Crippen LogP contribution is -2.41. The molecular formula is C12H14BrNO2. The van der Waals surface area contributed by atoms with Gasteiger partial charge in [-0.15, -0.1) is 0 Å². The third kappa shape index (κ3) is 3.23. The summed E-state index contributed by atoms with van der Waals surface area (Å²) in [7, 11) is 0. The maximum absolute atomic E-state index is 11.5. The van der Waals surface area contributed by atoms with Crippen molar-refractivity contribution in [1.82, 2.24) is 5.32 Å². The summed E-state index contributed by atoms with van der Waals surface area (Å²) in [5.74, 6) is 0.669. The molecule has 1 fully saturated rings. The van der Waals surface area contributed by atoms with Crippen LogP contribution >= 0.6 is 15.9 Å². The van der Waals surface area contributed by atoms with Crippen molar-refractivity contribution in [3.05, 3.63) is 28.7 Å². The van der Waals surface area contributed by atoms with Crippen LogP contribution in [0.15, 0.2) is 28.7 Å². The van der Waals surface area contributed by atoms with E-state index in [2.05, 4.69) is 21.2 Å². The first kappa shape index (κ1) is 11.5. The fraction of sp³-hybridized carbons (Fsp3) is 0.417. The summed E-state index contributed by atoms with van der Waals surface area (Å²) >= 11 is 3.35. The van der Waals surface area contributed by atoms with Crippen LogP contribution in [0.3, 0.4) is 0 Å². The van der Waals surface area contributed by atoms with Crippen LogP contribution in [0.5, 0.6) is 5.75 Å². The quantitative estimate of drug-likeness (QED) is 0.922. The lowest BCUT2D eigenvalue weighted by molar-refractivity contribution is -0.124. The Bertz CT molecular complexity index is 377. The summed E-state index contributed by atoms with van der Waals surface area (Å²) in [5, 5.41) is 2.93. The molecule has 0 heterocycles. The molecule has 16 heavy (non-hydrogen) atoms. The Morgan fingerprint density at radius 3 is 2.94 bits per heavy atom. The first-order valence-corrected chi connectivity index (χ1v) is 6.21. The van der Waals surface area contributed by atoms with E-state index >= 15 is 0 Å². The minimum atomic E-state index is -0.0373. The van der Waals surface area contributed by atoms with E-state index in [4.69, 9.17) is 4.74 Å². The topological polar surface area (TPSA) is 38.3 Å². The monoisotopic (exact) mass is 283 g/mol. The third-order valence-corrected chi connectivity index (χ3v) is 3.13. The van der Waals surface area contributed by atoms with Gasteiger partial charge in [-0.25, -0.2) is 0 Å². The predicted octanol–water partition coefficient (Wildman–Crippen LogP) is 2.50. The van der Waals surface area contributed by atoms with Gasteiger partial charge in [0.25, 0.3) is 5.91 Å². The maximum Gasteiger partial charge on any atom is 0.258 e. The second-order valence-corrected chi connectivity index (χ2v) is 4.86. The second-order valence-electron chi connectivity index (χ2n) is 3.94. The number of halogens is 1. The molecule has 0 bridgehead atoms. The van der Waals surface area contributed by atoms with Gasteiger partial charge in [-0.3, -0.25) is 4.79 Å². The van der Waals surface area contributed by atoms with Crippen molar-refractivity contribution in [3.63, 3.8) is 0 Å². The normalized spacial score (nSPS) is 15.3. The first-order chi connectivity index (χ1) is 7.74. The van der Waals surface area contributed by atoms with Crippen molar-refractivity contribution in [2.75, 3.05) is 6.61 Å². The highest BCUT2D eigenvalue weighted by atomic mass is 79.9. The van der Waals surface area contributed by atoms with Crippen LogP contribution in [0.4, 0.5) is 0 Å². The molecule has 0 atom stereocenters. The van der Waals surface area contributed by atoms with E-state index < -0.39 is 0 Å². The summed E-state index contributed by atoms with van der Waals surface area (Å²) in [4.78, 5) is 11.5. The third-order valence-electron chi connectivity index (χ3n) is 2.64. The molecule has 0 aliphatic heterocycles. The van der Waals surface area contributed by atoms with Crippen molar-refractivity contribution >= 4 is 21.8 Å². The first-order valence-electron chi connectivity index (χ1n) is 5.42. The maximum atomic E-state index is 11.5. The summed E-state index contributed by atoms with van der Waals surface area (Å²) in [6, 6.07) is 7.85. The molecule has 1 aromatic carbocycles. The van der Waals surface area contributed by atoms with E-state index in [1.54, 1.807) is 0 Å². The van der Waals surface area contributed by atoms with E-state index in [0.29, 0.717) is 11.8 Å². The van der Waals surface area contributed by atoms with Crippen LogP contribution < -0.4 is 10.1 Å². The smallest absolute Gasteiger partial charge is 0.258 e. The Labute approximate surface area is 103 Å². The van der Waals surface area contributed by atoms with Gasteiger partial charge in [-0.05, 0) is 37.5 Å². The minimum absolute atomic E-state index is 0.0373. The Hall–Kier alpha value is -1.03. The lowest BCUT2D eigenvalue weighted by Gasteiger charge is -2.26. The largest absolute Gasteiger partial charge is 0.484 e. The highest BCUT2D eigenvalue weighted by Crippen LogP contribution is 2.19. The number of carbonyl (C=O) groups excluding carboxylic acids is 1. The molecule has 0 unspecified atom stereocenters. The van der Waals surface area contributed by atoms with Gasteiger partial charge in [0, 0.05) is 10.5 Å². The van der Waals surface area contributed by atoms with Gasteiger partial charge in [0.05, 0.1) is 0 Å². The van der Waals surface area contributed by atoms with E-state index in [9.17, 15) is 4.79 Å². The van der Waals surface area contributed by atoms with Crippen LogP contribution in [-0.2, 0) is 4.79 Å². The summed E-state index contributed by atoms with van der Waals surface area (Å²) in [6.45, 7) is 0.0902. The molecule has 86 valence electrons. The molecule has 1 aliphatic carbocycles. The molecule has 1 aromatic rings. The van der Waals surface area contributed by atoms with Gasteiger partial charge >= 0.3 is 0 Å². The van der Waals surface area contributed by atoms with E-state index in [0.717, 1.165) is 17.3 Å². The Morgan fingerprint density at radius 2 is 2.31 bits per heavy atom. The second kappa shape index (κ2) is 5.34. The van der Waals surface area contributed by atoms with Crippen molar-refractivity contribution < 1.29 is 9.53 Å². The minimum Gasteiger partial charge on any atom is -0.484 e. The highest BCUT2D eigenvalue weighted by molar-refractivity contribution is 9.10. The Morgan fingerprint density at radius 1 is 1.50 bits per heavy atom. The fourth-order valence-electron chi connectivity index (χ4n) is 1.53. The SMILES string of the molecule is O=C(COc1cccc(Br)c1)NC1CCC1. The van der Waals surface area contributed by atoms with Crippen molar-refractivity contribution in [3.8, 4) is 5.75 Å². The number of benzene rings is 1. The standard InChI is InChI=1S/C12H14BrNO2/c13-9-3-1-6-11(7-9)16-8-12(15)14-10-4-2-5-10/h1,3,6-7,10H,2,4-5,8H2,(H,14,15). The summed E-state index contributed by atoms with van der Waals surface area (Å²) in [6.07, 6.45) is 3.42. The molecule has 3 nitrogen and oxygen atoms in total. The Kier molecular flexibility index (Phi) is 3.83. The molecule has 1 saturated carbocycles.